The molecule has 0 aliphatic heterocycles. The number of pyridine rings is 1. The van der Waals surface area contributed by atoms with Crippen LogP contribution >= 0.6 is 11.3 Å². The van der Waals surface area contributed by atoms with Gasteiger partial charge < -0.3 is 10.1 Å². The van der Waals surface area contributed by atoms with Gasteiger partial charge in [0.05, 0.1) is 16.8 Å². The Morgan fingerprint density at radius 1 is 1.19 bits per heavy atom. The number of nitrogens with one attached hydrogen (secondary N) is 1. The van der Waals surface area contributed by atoms with E-state index in [-0.39, 0.29) is 12.0 Å². The van der Waals surface area contributed by atoms with E-state index in [4.69, 9.17) is 4.74 Å². The van der Waals surface area contributed by atoms with E-state index in [1.54, 1.807) is 18.3 Å². The molecule has 0 aliphatic rings. The average Bonchev–Trinajstić information content (AvgIpc) is 2.97. The van der Waals surface area contributed by atoms with Crippen LogP contribution in [0.2, 0.25) is 0 Å². The summed E-state index contributed by atoms with van der Waals surface area (Å²) in [4.78, 5) is 22.1. The van der Waals surface area contributed by atoms with Gasteiger partial charge >= 0.3 is 0 Å². The van der Waals surface area contributed by atoms with Crippen molar-refractivity contribution in [2.24, 2.45) is 0 Å². The first-order valence-corrected chi connectivity index (χ1v) is 9.28. The van der Waals surface area contributed by atoms with E-state index in [0.29, 0.717) is 22.9 Å². The van der Waals surface area contributed by atoms with E-state index >= 15 is 0 Å². The van der Waals surface area contributed by atoms with Crippen molar-refractivity contribution < 1.29 is 9.53 Å². The first-order valence-electron chi connectivity index (χ1n) is 8.46. The van der Waals surface area contributed by atoms with Crippen molar-refractivity contribution in [2.75, 3.05) is 5.32 Å². The fraction of sp³-hybridized carbons (Fsp3) is 0.250. The predicted octanol–water partition coefficient (Wildman–Crippen LogP) is 4.48. The minimum atomic E-state index is -0.194. The van der Waals surface area contributed by atoms with Crippen molar-refractivity contribution in [2.45, 2.75) is 33.3 Å². The molecule has 0 aliphatic carbocycles. The van der Waals surface area contributed by atoms with Crippen molar-refractivity contribution >= 4 is 22.9 Å². The fourth-order valence-corrected chi connectivity index (χ4v) is 3.49. The maximum atomic E-state index is 12.7. The first-order chi connectivity index (χ1) is 12.5. The number of anilines is 1. The summed E-state index contributed by atoms with van der Waals surface area (Å²) in [6.45, 7) is 5.70. The third-order valence-corrected chi connectivity index (χ3v) is 4.77. The molecular formula is C20H21N3O2S. The van der Waals surface area contributed by atoms with E-state index in [2.05, 4.69) is 27.4 Å². The SMILES string of the molecule is Cc1nc(Cc2ccccc2)sc1C(=O)Nc1cccnc1OC(C)C. The summed E-state index contributed by atoms with van der Waals surface area (Å²) in [5.41, 5.74) is 2.46. The lowest BCUT2D eigenvalue weighted by molar-refractivity contribution is 0.102. The van der Waals surface area contributed by atoms with E-state index in [0.717, 1.165) is 10.7 Å². The molecule has 0 bridgehead atoms. The Balaban J connectivity index is 1.77. The van der Waals surface area contributed by atoms with Gasteiger partial charge in [-0.25, -0.2) is 9.97 Å². The number of aryl methyl sites for hydroxylation is 1. The molecule has 6 heteroatoms. The van der Waals surface area contributed by atoms with Crippen LogP contribution in [-0.4, -0.2) is 22.0 Å². The van der Waals surface area contributed by atoms with Gasteiger partial charge in [-0.15, -0.1) is 11.3 Å². The van der Waals surface area contributed by atoms with Crippen molar-refractivity contribution in [3.05, 3.63) is 69.8 Å². The van der Waals surface area contributed by atoms with Gasteiger partial charge in [-0.3, -0.25) is 4.79 Å². The second kappa shape index (κ2) is 8.10. The predicted molar refractivity (Wildman–Crippen MR) is 104 cm³/mol. The van der Waals surface area contributed by atoms with Crippen molar-refractivity contribution in [1.29, 1.82) is 0 Å². The Hall–Kier alpha value is -2.73. The molecule has 1 aromatic carbocycles. The molecule has 26 heavy (non-hydrogen) atoms. The highest BCUT2D eigenvalue weighted by Gasteiger charge is 2.18. The van der Waals surface area contributed by atoms with Crippen molar-refractivity contribution in [3.63, 3.8) is 0 Å². The zero-order chi connectivity index (χ0) is 18.5. The fourth-order valence-electron chi connectivity index (χ4n) is 2.49. The molecule has 0 spiro atoms. The Morgan fingerprint density at radius 3 is 2.69 bits per heavy atom. The van der Waals surface area contributed by atoms with Crippen LogP contribution in [0.15, 0.2) is 48.7 Å². The van der Waals surface area contributed by atoms with E-state index in [1.165, 1.54) is 16.9 Å². The standard InChI is InChI=1S/C20H21N3O2S/c1-13(2)25-20-16(10-7-11-21-20)23-19(24)18-14(3)22-17(26-18)12-15-8-5-4-6-9-15/h4-11,13H,12H2,1-3H3,(H,23,24). The number of amides is 1. The summed E-state index contributed by atoms with van der Waals surface area (Å²) in [7, 11) is 0. The van der Waals surface area contributed by atoms with E-state index in [9.17, 15) is 4.79 Å². The maximum Gasteiger partial charge on any atom is 0.267 e. The molecule has 3 rings (SSSR count). The van der Waals surface area contributed by atoms with Crippen LogP contribution in [-0.2, 0) is 6.42 Å². The minimum absolute atomic E-state index is 0.0248. The third-order valence-electron chi connectivity index (χ3n) is 3.61. The van der Waals surface area contributed by atoms with Crippen molar-refractivity contribution in [1.82, 2.24) is 9.97 Å². The Kier molecular flexibility index (Phi) is 5.63. The third kappa shape index (κ3) is 4.46. The number of aromatic nitrogens is 2. The zero-order valence-electron chi connectivity index (χ0n) is 15.0. The number of rotatable bonds is 6. The smallest absolute Gasteiger partial charge is 0.267 e. The summed E-state index contributed by atoms with van der Waals surface area (Å²) < 4.78 is 5.66. The number of carbonyl (C=O) groups is 1. The van der Waals surface area contributed by atoms with Gasteiger partial charge in [0.25, 0.3) is 5.91 Å². The second-order valence-electron chi connectivity index (χ2n) is 6.16. The molecule has 0 saturated heterocycles. The largest absolute Gasteiger partial charge is 0.473 e. The topological polar surface area (TPSA) is 64.1 Å². The van der Waals surface area contributed by atoms with Gasteiger partial charge in [-0.2, -0.15) is 0 Å². The molecule has 0 atom stereocenters. The van der Waals surface area contributed by atoms with Gasteiger partial charge in [-0.05, 0) is 38.5 Å². The maximum absolute atomic E-state index is 12.7. The summed E-state index contributed by atoms with van der Waals surface area (Å²) in [5.74, 6) is 0.225. The van der Waals surface area contributed by atoms with Gasteiger partial charge in [-0.1, -0.05) is 30.3 Å². The van der Waals surface area contributed by atoms with Crippen LogP contribution in [0.4, 0.5) is 5.69 Å². The zero-order valence-corrected chi connectivity index (χ0v) is 15.8. The summed E-state index contributed by atoms with van der Waals surface area (Å²) in [5, 5.41) is 3.81. The minimum Gasteiger partial charge on any atom is -0.473 e. The van der Waals surface area contributed by atoms with Crippen LogP contribution in [0.3, 0.4) is 0 Å². The monoisotopic (exact) mass is 367 g/mol. The normalized spacial score (nSPS) is 10.8. The molecule has 2 aromatic heterocycles. The summed E-state index contributed by atoms with van der Waals surface area (Å²) in [6, 6.07) is 13.7. The molecule has 0 unspecified atom stereocenters. The lowest BCUT2D eigenvalue weighted by Gasteiger charge is -2.13. The summed E-state index contributed by atoms with van der Waals surface area (Å²) in [6.07, 6.45) is 2.33. The van der Waals surface area contributed by atoms with Crippen LogP contribution in [0.25, 0.3) is 0 Å². The van der Waals surface area contributed by atoms with Gasteiger partial charge in [0.1, 0.15) is 10.6 Å². The lowest BCUT2D eigenvalue weighted by atomic mass is 10.2. The molecule has 134 valence electrons. The molecule has 0 fully saturated rings. The molecule has 2 heterocycles. The van der Waals surface area contributed by atoms with Gasteiger partial charge in [0.2, 0.25) is 5.88 Å². The molecule has 0 saturated carbocycles. The van der Waals surface area contributed by atoms with Crippen LogP contribution in [0.5, 0.6) is 5.88 Å². The second-order valence-corrected chi connectivity index (χ2v) is 7.24. The van der Waals surface area contributed by atoms with Crippen molar-refractivity contribution in [3.8, 4) is 5.88 Å². The number of benzene rings is 1. The number of thiazole rings is 1. The molecule has 5 nitrogen and oxygen atoms in total. The Labute approximate surface area is 157 Å². The molecule has 1 N–H and O–H groups in total. The van der Waals surface area contributed by atoms with Gasteiger partial charge in [0, 0.05) is 12.6 Å². The number of nitrogens with zero attached hydrogens (tertiary/aromatic N) is 2. The van der Waals surface area contributed by atoms with Crippen LogP contribution in [0.1, 0.15) is 39.8 Å². The highest BCUT2D eigenvalue weighted by molar-refractivity contribution is 7.14. The molecule has 1 amide bonds. The first kappa shape index (κ1) is 18.1. The number of carbonyl (C=O) groups excluding carboxylic acids is 1. The number of hydrogen-bond acceptors (Lipinski definition) is 5. The highest BCUT2D eigenvalue weighted by Crippen LogP contribution is 2.25. The average molecular weight is 367 g/mol. The van der Waals surface area contributed by atoms with Crippen LogP contribution in [0, 0.1) is 6.92 Å². The summed E-state index contributed by atoms with van der Waals surface area (Å²) >= 11 is 1.42. The number of ether oxygens (including phenoxy) is 1. The van der Waals surface area contributed by atoms with Crippen LogP contribution < -0.4 is 10.1 Å². The van der Waals surface area contributed by atoms with E-state index < -0.39 is 0 Å². The lowest BCUT2D eigenvalue weighted by Crippen LogP contribution is -2.15. The Morgan fingerprint density at radius 2 is 1.96 bits per heavy atom. The molecule has 0 radical (unpaired) electrons. The Bertz CT molecular complexity index is 891. The van der Waals surface area contributed by atoms with Gasteiger partial charge in [0.15, 0.2) is 0 Å². The number of hydrogen-bond donors (Lipinski definition) is 1. The molecule has 3 aromatic rings. The highest BCUT2D eigenvalue weighted by atomic mass is 32.1. The molecular weight excluding hydrogens is 346 g/mol. The quantitative estimate of drug-likeness (QED) is 0.698. The van der Waals surface area contributed by atoms with E-state index in [1.807, 2.05) is 39.0 Å².